The molecule has 25 heavy (non-hydrogen) atoms. The van der Waals surface area contributed by atoms with Crippen LogP contribution in [0.4, 0.5) is 0 Å². The van der Waals surface area contributed by atoms with Crippen molar-refractivity contribution in [2.24, 2.45) is 11.8 Å². The van der Waals surface area contributed by atoms with Gasteiger partial charge < -0.3 is 19.7 Å². The van der Waals surface area contributed by atoms with E-state index in [1.807, 2.05) is 6.07 Å². The van der Waals surface area contributed by atoms with Crippen molar-refractivity contribution >= 4 is 5.91 Å². The van der Waals surface area contributed by atoms with Gasteiger partial charge in [0.25, 0.3) is 0 Å². The summed E-state index contributed by atoms with van der Waals surface area (Å²) in [6.07, 6.45) is 5.17. The number of nitrogens with one attached hydrogen (secondary N) is 1. The molecule has 1 N–H and O–H groups in total. The maximum Gasteiger partial charge on any atom is 0.231 e. The molecule has 3 aliphatic heterocycles. The van der Waals surface area contributed by atoms with Gasteiger partial charge in [-0.05, 0) is 68.3 Å². The smallest absolute Gasteiger partial charge is 0.231 e. The van der Waals surface area contributed by atoms with Crippen LogP contribution in [0, 0.1) is 11.8 Å². The summed E-state index contributed by atoms with van der Waals surface area (Å²) in [7, 11) is 0. The number of carbonyl (C=O) groups excluding carboxylic acids is 1. The van der Waals surface area contributed by atoms with Crippen LogP contribution in [-0.2, 0) is 4.79 Å². The number of fused-ring (bicyclic) bond motifs is 1. The quantitative estimate of drug-likeness (QED) is 0.912. The van der Waals surface area contributed by atoms with Crippen LogP contribution in [0.2, 0.25) is 0 Å². The van der Waals surface area contributed by atoms with Gasteiger partial charge in [0, 0.05) is 13.0 Å². The minimum absolute atomic E-state index is 0.183. The molecule has 1 amide bonds. The van der Waals surface area contributed by atoms with Crippen molar-refractivity contribution in [1.82, 2.24) is 10.2 Å². The molecule has 136 valence electrons. The fourth-order valence-electron chi connectivity index (χ4n) is 4.50. The third-order valence-corrected chi connectivity index (χ3v) is 6.04. The summed E-state index contributed by atoms with van der Waals surface area (Å²) in [5.74, 6) is 3.06. The molecule has 0 aromatic heterocycles. The second kappa shape index (κ2) is 7.24. The highest BCUT2D eigenvalue weighted by Crippen LogP contribution is 2.39. The summed E-state index contributed by atoms with van der Waals surface area (Å²) in [6.45, 7) is 5.59. The first-order valence-corrected chi connectivity index (χ1v) is 9.62. The summed E-state index contributed by atoms with van der Waals surface area (Å²) < 4.78 is 10.9. The molecule has 2 saturated heterocycles. The second-order valence-electron chi connectivity index (χ2n) is 7.63. The second-order valence-corrected chi connectivity index (χ2v) is 7.63. The number of amides is 1. The average molecular weight is 344 g/mol. The molecule has 2 unspecified atom stereocenters. The van der Waals surface area contributed by atoms with E-state index in [-0.39, 0.29) is 6.04 Å². The van der Waals surface area contributed by atoms with Crippen LogP contribution in [-0.4, -0.2) is 37.2 Å². The van der Waals surface area contributed by atoms with E-state index in [0.717, 1.165) is 44.0 Å². The Morgan fingerprint density at radius 1 is 1.24 bits per heavy atom. The van der Waals surface area contributed by atoms with Crippen LogP contribution in [0.1, 0.15) is 50.6 Å². The van der Waals surface area contributed by atoms with Gasteiger partial charge in [0.1, 0.15) is 0 Å². The Balaban J connectivity index is 1.43. The summed E-state index contributed by atoms with van der Waals surface area (Å²) in [6, 6.07) is 6.28. The first kappa shape index (κ1) is 16.7. The first-order chi connectivity index (χ1) is 12.2. The Labute approximate surface area is 149 Å². The Morgan fingerprint density at radius 2 is 2.04 bits per heavy atom. The van der Waals surface area contributed by atoms with E-state index < -0.39 is 0 Å². The maximum absolute atomic E-state index is 13.0. The van der Waals surface area contributed by atoms with Crippen LogP contribution >= 0.6 is 0 Å². The van der Waals surface area contributed by atoms with Gasteiger partial charge in [-0.25, -0.2) is 0 Å². The Hall–Kier alpha value is -1.75. The van der Waals surface area contributed by atoms with Crippen molar-refractivity contribution in [3.63, 3.8) is 0 Å². The lowest BCUT2D eigenvalue weighted by molar-refractivity contribution is -0.133. The highest BCUT2D eigenvalue weighted by molar-refractivity contribution is 5.77. The molecular weight excluding hydrogens is 316 g/mol. The van der Waals surface area contributed by atoms with Crippen molar-refractivity contribution in [3.8, 4) is 11.5 Å². The lowest BCUT2D eigenvalue weighted by atomic mass is 9.84. The molecule has 0 aliphatic carbocycles. The zero-order valence-electron chi connectivity index (χ0n) is 15.0. The fourth-order valence-corrected chi connectivity index (χ4v) is 4.50. The van der Waals surface area contributed by atoms with Crippen molar-refractivity contribution in [1.29, 1.82) is 0 Å². The number of hydrogen-bond donors (Lipinski definition) is 1. The van der Waals surface area contributed by atoms with Gasteiger partial charge in [-0.1, -0.05) is 13.0 Å². The molecule has 1 aromatic rings. The average Bonchev–Trinajstić information content (AvgIpc) is 3.30. The van der Waals surface area contributed by atoms with Crippen molar-refractivity contribution < 1.29 is 14.3 Å². The molecule has 3 heterocycles. The first-order valence-electron chi connectivity index (χ1n) is 9.62. The summed E-state index contributed by atoms with van der Waals surface area (Å²) >= 11 is 0. The van der Waals surface area contributed by atoms with E-state index in [9.17, 15) is 4.79 Å². The Bertz CT molecular complexity index is 627. The predicted molar refractivity (Wildman–Crippen MR) is 95.6 cm³/mol. The highest BCUT2D eigenvalue weighted by Gasteiger charge is 2.32. The molecule has 0 saturated carbocycles. The Kier molecular flexibility index (Phi) is 4.84. The summed E-state index contributed by atoms with van der Waals surface area (Å²) in [5.41, 5.74) is 1.17. The molecule has 0 radical (unpaired) electrons. The number of nitrogens with zero attached hydrogens (tertiary/aromatic N) is 1. The monoisotopic (exact) mass is 344 g/mol. The van der Waals surface area contributed by atoms with E-state index in [1.165, 1.54) is 18.4 Å². The summed E-state index contributed by atoms with van der Waals surface area (Å²) in [5, 5.41) is 3.41. The lowest BCUT2D eigenvalue weighted by Gasteiger charge is -2.31. The summed E-state index contributed by atoms with van der Waals surface area (Å²) in [4.78, 5) is 15.1. The van der Waals surface area contributed by atoms with Gasteiger partial charge in [0.15, 0.2) is 11.5 Å². The molecule has 3 aliphatic rings. The van der Waals surface area contributed by atoms with Gasteiger partial charge in [0.2, 0.25) is 12.7 Å². The number of ether oxygens (including phenoxy) is 2. The van der Waals surface area contributed by atoms with Crippen LogP contribution in [0.15, 0.2) is 18.2 Å². The largest absolute Gasteiger partial charge is 0.454 e. The SMILES string of the molecule is CC(CC(=O)N1CCCC1c1ccc2c(c1)OCO2)C1CCNCC1. The fraction of sp³-hybridized carbons (Fsp3) is 0.650. The topological polar surface area (TPSA) is 50.8 Å². The predicted octanol–water partition coefficient (Wildman–Crippen LogP) is 3.10. The molecule has 2 fully saturated rings. The molecule has 5 nitrogen and oxygen atoms in total. The number of likely N-dealkylation sites (tertiary alicyclic amines) is 1. The zero-order chi connectivity index (χ0) is 17.2. The van der Waals surface area contributed by atoms with Crippen molar-refractivity contribution in [3.05, 3.63) is 23.8 Å². The third kappa shape index (κ3) is 3.47. The van der Waals surface area contributed by atoms with Crippen molar-refractivity contribution in [2.45, 2.75) is 45.1 Å². The third-order valence-electron chi connectivity index (χ3n) is 6.04. The molecule has 1 aromatic carbocycles. The van der Waals surface area contributed by atoms with E-state index in [0.29, 0.717) is 31.0 Å². The van der Waals surface area contributed by atoms with E-state index in [2.05, 4.69) is 29.3 Å². The van der Waals surface area contributed by atoms with E-state index in [4.69, 9.17) is 9.47 Å². The van der Waals surface area contributed by atoms with Crippen LogP contribution in [0.5, 0.6) is 11.5 Å². The zero-order valence-corrected chi connectivity index (χ0v) is 15.0. The van der Waals surface area contributed by atoms with Gasteiger partial charge >= 0.3 is 0 Å². The highest BCUT2D eigenvalue weighted by atomic mass is 16.7. The molecule has 0 spiro atoms. The van der Waals surface area contributed by atoms with Gasteiger partial charge in [0.05, 0.1) is 6.04 Å². The van der Waals surface area contributed by atoms with Crippen LogP contribution < -0.4 is 14.8 Å². The molecule has 0 bridgehead atoms. The number of benzene rings is 1. The minimum Gasteiger partial charge on any atom is -0.454 e. The van der Waals surface area contributed by atoms with Gasteiger partial charge in [-0.2, -0.15) is 0 Å². The number of piperidine rings is 1. The molecule has 4 rings (SSSR count). The van der Waals surface area contributed by atoms with Gasteiger partial charge in [-0.3, -0.25) is 4.79 Å². The van der Waals surface area contributed by atoms with Crippen molar-refractivity contribution in [2.75, 3.05) is 26.4 Å². The lowest BCUT2D eigenvalue weighted by Crippen LogP contribution is -2.35. The van der Waals surface area contributed by atoms with Crippen LogP contribution in [0.25, 0.3) is 0 Å². The van der Waals surface area contributed by atoms with E-state index in [1.54, 1.807) is 0 Å². The normalized spacial score (nSPS) is 24.5. The van der Waals surface area contributed by atoms with E-state index >= 15 is 0 Å². The van der Waals surface area contributed by atoms with Gasteiger partial charge in [-0.15, -0.1) is 0 Å². The van der Waals surface area contributed by atoms with Crippen LogP contribution in [0.3, 0.4) is 0 Å². The molecule has 5 heteroatoms. The molecular formula is C20H28N2O3. The standard InChI is InChI=1S/C20H28N2O3/c1-14(15-6-8-21-9-7-15)11-20(23)22-10-2-3-17(22)16-4-5-18-19(12-16)25-13-24-18/h4-5,12,14-15,17,21H,2-3,6-11,13H2,1H3. The minimum atomic E-state index is 0.183. The number of hydrogen-bond acceptors (Lipinski definition) is 4. The maximum atomic E-state index is 13.0. The number of rotatable bonds is 4. The molecule has 2 atom stereocenters. The Morgan fingerprint density at radius 3 is 2.88 bits per heavy atom. The number of carbonyl (C=O) groups is 1.